The Morgan fingerprint density at radius 1 is 1.06 bits per heavy atom. The van der Waals surface area contributed by atoms with Crippen LogP contribution in [0.1, 0.15) is 5.69 Å². The summed E-state index contributed by atoms with van der Waals surface area (Å²) in [6.07, 6.45) is 8.49. The van der Waals surface area contributed by atoms with Crippen molar-refractivity contribution < 1.29 is 13.9 Å². The van der Waals surface area contributed by atoms with Crippen molar-refractivity contribution in [3.05, 3.63) is 97.2 Å². The van der Waals surface area contributed by atoms with Gasteiger partial charge in [0.1, 0.15) is 5.75 Å². The summed E-state index contributed by atoms with van der Waals surface area (Å²) in [5.41, 5.74) is 4.02. The second kappa shape index (κ2) is 9.48. The number of aromatic amines is 1. The van der Waals surface area contributed by atoms with Crippen molar-refractivity contribution >= 4 is 17.4 Å². The quantitative estimate of drug-likeness (QED) is 0.302. The molecule has 3 heterocycles. The number of hydrogen-bond donors (Lipinski definition) is 3. The summed E-state index contributed by atoms with van der Waals surface area (Å²) < 4.78 is 22.2. The lowest BCUT2D eigenvalue weighted by atomic mass is 10.2. The second-order valence-corrected chi connectivity index (χ2v) is 7.66. The number of pyridine rings is 1. The van der Waals surface area contributed by atoms with Gasteiger partial charge >= 0.3 is 6.03 Å². The molecule has 2 aromatic carbocycles. The van der Waals surface area contributed by atoms with Gasteiger partial charge < -0.3 is 19.9 Å². The van der Waals surface area contributed by atoms with Gasteiger partial charge in [0.2, 0.25) is 0 Å². The average Bonchev–Trinajstić information content (AvgIpc) is 3.53. The number of benzene rings is 2. The topological polar surface area (TPSA) is 110 Å². The molecule has 0 unspecified atom stereocenters. The molecule has 2 amide bonds. The first-order chi connectivity index (χ1) is 17.0. The van der Waals surface area contributed by atoms with E-state index in [1.165, 1.54) is 12.1 Å². The van der Waals surface area contributed by atoms with E-state index in [9.17, 15) is 9.18 Å². The van der Waals surface area contributed by atoms with Crippen LogP contribution in [0.2, 0.25) is 0 Å². The third kappa shape index (κ3) is 5.17. The van der Waals surface area contributed by atoms with Crippen molar-refractivity contribution in [1.29, 1.82) is 0 Å². The molecule has 0 radical (unpaired) electrons. The Bertz CT molecular complexity index is 1480. The number of hydrogen-bond acceptors (Lipinski definition) is 5. The molecule has 0 spiro atoms. The molecule has 0 bridgehead atoms. The van der Waals surface area contributed by atoms with Gasteiger partial charge in [-0.15, -0.1) is 0 Å². The molecular weight excluding hydrogens is 449 g/mol. The largest absolute Gasteiger partial charge is 0.454 e. The number of ether oxygens (including phenoxy) is 1. The number of rotatable bonds is 6. The van der Waals surface area contributed by atoms with Crippen molar-refractivity contribution in [2.45, 2.75) is 6.92 Å². The van der Waals surface area contributed by atoms with Gasteiger partial charge in [0, 0.05) is 53.3 Å². The molecule has 0 aliphatic heterocycles. The Kier molecular flexibility index (Phi) is 5.91. The van der Waals surface area contributed by atoms with Crippen LogP contribution >= 0.6 is 0 Å². The zero-order valence-corrected chi connectivity index (χ0v) is 18.6. The fourth-order valence-electron chi connectivity index (χ4n) is 3.41. The Balaban J connectivity index is 1.24. The Labute approximate surface area is 199 Å². The zero-order chi connectivity index (χ0) is 24.2. The zero-order valence-electron chi connectivity index (χ0n) is 18.6. The predicted octanol–water partition coefficient (Wildman–Crippen LogP) is 5.54. The van der Waals surface area contributed by atoms with Gasteiger partial charge in [-0.2, -0.15) is 5.10 Å². The highest BCUT2D eigenvalue weighted by atomic mass is 19.1. The fourth-order valence-corrected chi connectivity index (χ4v) is 3.41. The van der Waals surface area contributed by atoms with Crippen molar-refractivity contribution in [2.24, 2.45) is 0 Å². The molecule has 0 aliphatic rings. The summed E-state index contributed by atoms with van der Waals surface area (Å²) >= 11 is 0. The van der Waals surface area contributed by atoms with Crippen molar-refractivity contribution in [1.82, 2.24) is 24.7 Å². The van der Waals surface area contributed by atoms with Gasteiger partial charge in [-0.1, -0.05) is 6.07 Å². The number of nitrogens with one attached hydrogen (secondary N) is 3. The molecule has 0 atom stereocenters. The monoisotopic (exact) mass is 469 g/mol. The van der Waals surface area contributed by atoms with E-state index in [4.69, 9.17) is 4.74 Å². The number of carbonyl (C=O) groups excluding carboxylic acids is 1. The van der Waals surface area contributed by atoms with Crippen LogP contribution < -0.4 is 15.4 Å². The number of urea groups is 1. The van der Waals surface area contributed by atoms with Crippen LogP contribution in [0.25, 0.3) is 16.9 Å². The summed E-state index contributed by atoms with van der Waals surface area (Å²) in [5, 5.41) is 12.0. The van der Waals surface area contributed by atoms with E-state index in [1.54, 1.807) is 49.2 Å². The molecule has 0 fully saturated rings. The highest BCUT2D eigenvalue weighted by Gasteiger charge is 2.11. The number of imidazole rings is 1. The molecule has 0 saturated carbocycles. The number of amides is 2. The van der Waals surface area contributed by atoms with Crippen LogP contribution in [0, 0.1) is 12.7 Å². The molecule has 5 aromatic rings. The summed E-state index contributed by atoms with van der Waals surface area (Å²) in [5.74, 6) is -0.188. The minimum Gasteiger partial charge on any atom is -0.454 e. The van der Waals surface area contributed by atoms with E-state index in [-0.39, 0.29) is 11.4 Å². The Morgan fingerprint density at radius 2 is 1.91 bits per heavy atom. The Hall–Kier alpha value is -4.99. The number of nitrogens with zero attached hydrogens (tertiary/aromatic N) is 4. The molecule has 3 N–H and O–H groups in total. The first-order valence-corrected chi connectivity index (χ1v) is 10.7. The third-order valence-corrected chi connectivity index (χ3v) is 5.06. The summed E-state index contributed by atoms with van der Waals surface area (Å²) in [7, 11) is 0. The first kappa shape index (κ1) is 21.8. The van der Waals surface area contributed by atoms with Crippen LogP contribution in [-0.2, 0) is 0 Å². The summed E-state index contributed by atoms with van der Waals surface area (Å²) in [4.78, 5) is 20.9. The van der Waals surface area contributed by atoms with E-state index < -0.39 is 11.8 Å². The molecule has 0 aliphatic carbocycles. The van der Waals surface area contributed by atoms with E-state index in [1.807, 2.05) is 35.9 Å². The van der Waals surface area contributed by atoms with E-state index in [0.29, 0.717) is 17.1 Å². The fraction of sp³-hybridized carbons (Fsp3) is 0.0400. The summed E-state index contributed by atoms with van der Waals surface area (Å²) in [6.45, 7) is 1.90. The molecular formula is C25H20FN7O2. The summed E-state index contributed by atoms with van der Waals surface area (Å²) in [6, 6.07) is 14.3. The van der Waals surface area contributed by atoms with E-state index in [2.05, 4.69) is 30.8 Å². The van der Waals surface area contributed by atoms with Crippen LogP contribution in [0.4, 0.5) is 20.6 Å². The highest BCUT2D eigenvalue weighted by Crippen LogP contribution is 2.29. The minimum atomic E-state index is -0.623. The maximum absolute atomic E-state index is 14.7. The smallest absolute Gasteiger partial charge is 0.323 e. The molecule has 35 heavy (non-hydrogen) atoms. The lowest BCUT2D eigenvalue weighted by Gasteiger charge is -2.11. The Morgan fingerprint density at radius 3 is 2.66 bits per heavy atom. The molecule has 9 nitrogen and oxygen atoms in total. The van der Waals surface area contributed by atoms with Gasteiger partial charge in [-0.3, -0.25) is 10.1 Å². The molecule has 3 aromatic heterocycles. The lowest BCUT2D eigenvalue weighted by molar-refractivity contribution is 0.262. The number of aromatic nitrogens is 5. The van der Waals surface area contributed by atoms with E-state index >= 15 is 0 Å². The van der Waals surface area contributed by atoms with Crippen LogP contribution in [0.15, 0.2) is 85.7 Å². The number of halogens is 1. The second-order valence-electron chi connectivity index (χ2n) is 7.66. The van der Waals surface area contributed by atoms with Crippen LogP contribution in [0.5, 0.6) is 11.5 Å². The molecule has 10 heteroatoms. The molecule has 5 rings (SSSR count). The van der Waals surface area contributed by atoms with Crippen LogP contribution in [-0.4, -0.2) is 30.8 Å². The highest BCUT2D eigenvalue weighted by molar-refractivity contribution is 5.99. The van der Waals surface area contributed by atoms with Crippen LogP contribution in [0.3, 0.4) is 0 Å². The average molecular weight is 469 g/mol. The van der Waals surface area contributed by atoms with Gasteiger partial charge in [0.05, 0.1) is 23.9 Å². The van der Waals surface area contributed by atoms with E-state index in [0.717, 1.165) is 16.9 Å². The molecule has 174 valence electrons. The maximum atomic E-state index is 14.7. The number of anilines is 2. The van der Waals surface area contributed by atoms with Gasteiger partial charge in [0.25, 0.3) is 0 Å². The normalized spacial score (nSPS) is 10.7. The number of aryl methyl sites for hydroxylation is 1. The van der Waals surface area contributed by atoms with Gasteiger partial charge in [-0.05, 0) is 43.3 Å². The standard InChI is InChI=1S/C25H20FN7O2/c1-16-14-33(15-28-16)20-4-2-3-18(9-20)31-25(34)32-19-5-6-24(22(26)10-19)35-21-7-8-27-23(11-21)17-12-29-30-13-17/h2-15H,1H3,(H,29,30)(H2,31,32,34). The van der Waals surface area contributed by atoms with Crippen molar-refractivity contribution in [2.75, 3.05) is 10.6 Å². The lowest BCUT2D eigenvalue weighted by Crippen LogP contribution is -2.19. The minimum absolute atomic E-state index is 0.0172. The molecule has 0 saturated heterocycles. The van der Waals surface area contributed by atoms with Gasteiger partial charge in [-0.25, -0.2) is 14.2 Å². The third-order valence-electron chi connectivity index (χ3n) is 5.06. The number of H-pyrrole nitrogens is 1. The van der Waals surface area contributed by atoms with Crippen molar-refractivity contribution in [3.8, 4) is 28.4 Å². The SMILES string of the molecule is Cc1cn(-c2cccc(NC(=O)Nc3ccc(Oc4ccnc(-c5cn[nH]c5)c4)c(F)c3)c2)cn1. The van der Waals surface area contributed by atoms with Crippen molar-refractivity contribution in [3.63, 3.8) is 0 Å². The van der Waals surface area contributed by atoms with Gasteiger partial charge in [0.15, 0.2) is 11.6 Å². The predicted molar refractivity (Wildman–Crippen MR) is 129 cm³/mol. The first-order valence-electron chi connectivity index (χ1n) is 10.7. The number of carbonyl (C=O) groups is 1. The maximum Gasteiger partial charge on any atom is 0.323 e.